The first kappa shape index (κ1) is 11.9. The van der Waals surface area contributed by atoms with Crippen LogP contribution in [0.5, 0.6) is 0 Å². The lowest BCUT2D eigenvalue weighted by molar-refractivity contribution is -0.384. The van der Waals surface area contributed by atoms with Crippen molar-refractivity contribution in [3.8, 4) is 0 Å². The van der Waals surface area contributed by atoms with E-state index in [2.05, 4.69) is 12.6 Å². The van der Waals surface area contributed by atoms with Crippen LogP contribution in [0.15, 0.2) is 18.2 Å². The lowest BCUT2D eigenvalue weighted by Gasteiger charge is -2.18. The number of hydrogen-bond acceptors (Lipinski definition) is 4. The van der Waals surface area contributed by atoms with Crippen molar-refractivity contribution in [3.05, 3.63) is 33.9 Å². The van der Waals surface area contributed by atoms with Crippen molar-refractivity contribution < 1.29 is 9.72 Å². The zero-order chi connectivity index (χ0) is 12.6. The predicted octanol–water partition coefficient (Wildman–Crippen LogP) is 1.94. The standard InChI is InChI=1S/C11H12N2O3S/c1-7-4-8(13(15)16)2-3-10(7)12-6-9(17)5-11(12)14/h2-4,9,17H,5-6H2,1H3. The maximum Gasteiger partial charge on any atom is 0.269 e. The van der Waals surface area contributed by atoms with E-state index in [1.807, 2.05) is 0 Å². The Bertz CT molecular complexity index is 490. The second-order valence-electron chi connectivity index (χ2n) is 4.09. The number of aryl methyl sites for hydroxylation is 1. The molecule has 0 spiro atoms. The average molecular weight is 252 g/mol. The molecule has 1 unspecified atom stereocenters. The average Bonchev–Trinajstić information content (AvgIpc) is 2.57. The van der Waals surface area contributed by atoms with Crippen molar-refractivity contribution in [1.82, 2.24) is 0 Å². The van der Waals surface area contributed by atoms with Crippen LogP contribution < -0.4 is 4.90 Å². The molecule has 17 heavy (non-hydrogen) atoms. The smallest absolute Gasteiger partial charge is 0.269 e. The minimum atomic E-state index is -0.440. The molecule has 0 radical (unpaired) electrons. The van der Waals surface area contributed by atoms with Crippen LogP contribution >= 0.6 is 12.6 Å². The van der Waals surface area contributed by atoms with Crippen molar-refractivity contribution in [1.29, 1.82) is 0 Å². The third-order valence-electron chi connectivity index (χ3n) is 2.79. The molecule has 1 aliphatic heterocycles. The molecular weight excluding hydrogens is 240 g/mol. The summed E-state index contributed by atoms with van der Waals surface area (Å²) in [6, 6.07) is 4.52. The monoisotopic (exact) mass is 252 g/mol. The van der Waals surface area contributed by atoms with Gasteiger partial charge in [0, 0.05) is 36.0 Å². The Hall–Kier alpha value is -1.56. The normalized spacial score (nSPS) is 19.8. The summed E-state index contributed by atoms with van der Waals surface area (Å²) >= 11 is 4.28. The zero-order valence-corrected chi connectivity index (χ0v) is 10.2. The van der Waals surface area contributed by atoms with Crippen LogP contribution in [0, 0.1) is 17.0 Å². The molecule has 1 heterocycles. The molecule has 1 atom stereocenters. The summed E-state index contributed by atoms with van der Waals surface area (Å²) in [5.41, 5.74) is 1.51. The number of benzene rings is 1. The molecule has 0 saturated carbocycles. The molecule has 90 valence electrons. The Kier molecular flexibility index (Phi) is 3.06. The van der Waals surface area contributed by atoms with Crippen LogP contribution in [0.1, 0.15) is 12.0 Å². The minimum absolute atomic E-state index is 0.0157. The fraction of sp³-hybridized carbons (Fsp3) is 0.364. The van der Waals surface area contributed by atoms with E-state index < -0.39 is 4.92 Å². The van der Waals surface area contributed by atoms with Crippen molar-refractivity contribution >= 4 is 29.9 Å². The van der Waals surface area contributed by atoms with Gasteiger partial charge in [0.1, 0.15) is 0 Å². The summed E-state index contributed by atoms with van der Waals surface area (Å²) in [7, 11) is 0. The Labute approximate surface area is 104 Å². The van der Waals surface area contributed by atoms with Crippen LogP contribution in [-0.2, 0) is 4.79 Å². The molecule has 0 N–H and O–H groups in total. The number of nitrogens with zero attached hydrogens (tertiary/aromatic N) is 2. The van der Waals surface area contributed by atoms with Crippen molar-refractivity contribution in [2.24, 2.45) is 0 Å². The fourth-order valence-electron chi connectivity index (χ4n) is 1.98. The molecule has 0 aliphatic carbocycles. The first-order valence-electron chi connectivity index (χ1n) is 5.22. The number of non-ortho nitro benzene ring substituents is 1. The van der Waals surface area contributed by atoms with Gasteiger partial charge in [-0.25, -0.2) is 0 Å². The number of nitro groups is 1. The molecule has 1 amide bonds. The van der Waals surface area contributed by atoms with Gasteiger partial charge in [0.15, 0.2) is 0 Å². The molecule has 1 aromatic carbocycles. The van der Waals surface area contributed by atoms with Gasteiger partial charge in [-0.15, -0.1) is 0 Å². The van der Waals surface area contributed by atoms with Gasteiger partial charge in [-0.2, -0.15) is 12.6 Å². The summed E-state index contributed by atoms with van der Waals surface area (Å²) in [6.45, 7) is 2.32. The molecule has 0 aromatic heterocycles. The van der Waals surface area contributed by atoms with E-state index in [4.69, 9.17) is 0 Å². The number of thiol groups is 1. The summed E-state index contributed by atoms with van der Waals surface area (Å²) in [5.74, 6) is 0.0157. The van der Waals surface area contributed by atoms with Crippen molar-refractivity contribution in [3.63, 3.8) is 0 Å². The van der Waals surface area contributed by atoms with E-state index >= 15 is 0 Å². The topological polar surface area (TPSA) is 63.5 Å². The van der Waals surface area contributed by atoms with Gasteiger partial charge < -0.3 is 4.90 Å². The SMILES string of the molecule is Cc1cc([N+](=O)[O-])ccc1N1CC(S)CC1=O. The highest BCUT2D eigenvalue weighted by atomic mass is 32.1. The van der Waals surface area contributed by atoms with E-state index in [9.17, 15) is 14.9 Å². The number of hydrogen-bond donors (Lipinski definition) is 1. The van der Waals surface area contributed by atoms with E-state index in [0.29, 0.717) is 13.0 Å². The quantitative estimate of drug-likeness (QED) is 0.497. The summed E-state index contributed by atoms with van der Waals surface area (Å²) < 4.78 is 0. The maximum absolute atomic E-state index is 11.7. The Morgan fingerprint density at radius 3 is 2.71 bits per heavy atom. The molecule has 1 aliphatic rings. The van der Waals surface area contributed by atoms with Gasteiger partial charge >= 0.3 is 0 Å². The first-order valence-corrected chi connectivity index (χ1v) is 5.74. The molecule has 5 nitrogen and oxygen atoms in total. The highest BCUT2D eigenvalue weighted by molar-refractivity contribution is 7.81. The van der Waals surface area contributed by atoms with E-state index in [-0.39, 0.29) is 16.8 Å². The molecule has 1 saturated heterocycles. The number of anilines is 1. The Balaban J connectivity index is 2.34. The van der Waals surface area contributed by atoms with Gasteiger partial charge in [-0.3, -0.25) is 14.9 Å². The molecule has 6 heteroatoms. The fourth-order valence-corrected chi connectivity index (χ4v) is 2.30. The lowest BCUT2D eigenvalue weighted by Crippen LogP contribution is -2.25. The number of rotatable bonds is 2. The van der Waals surface area contributed by atoms with Crippen LogP contribution in [0.25, 0.3) is 0 Å². The van der Waals surface area contributed by atoms with E-state index in [0.717, 1.165) is 11.3 Å². The summed E-state index contributed by atoms with van der Waals surface area (Å²) in [6.07, 6.45) is 0.416. The minimum Gasteiger partial charge on any atom is -0.311 e. The third kappa shape index (κ3) is 2.26. The number of carbonyl (C=O) groups is 1. The van der Waals surface area contributed by atoms with Crippen LogP contribution in [0.2, 0.25) is 0 Å². The highest BCUT2D eigenvalue weighted by Crippen LogP contribution is 2.29. The molecule has 1 aromatic rings. The van der Waals surface area contributed by atoms with Crippen LogP contribution in [0.4, 0.5) is 11.4 Å². The second kappa shape index (κ2) is 4.37. The molecule has 2 rings (SSSR count). The largest absolute Gasteiger partial charge is 0.311 e. The van der Waals surface area contributed by atoms with Gasteiger partial charge in [-0.05, 0) is 18.6 Å². The molecular formula is C11H12N2O3S. The first-order chi connectivity index (χ1) is 7.99. The highest BCUT2D eigenvalue weighted by Gasteiger charge is 2.29. The zero-order valence-electron chi connectivity index (χ0n) is 9.29. The Morgan fingerprint density at radius 1 is 1.53 bits per heavy atom. The van der Waals surface area contributed by atoms with Crippen LogP contribution in [-0.4, -0.2) is 22.6 Å². The van der Waals surface area contributed by atoms with E-state index in [1.165, 1.54) is 12.1 Å². The van der Waals surface area contributed by atoms with Crippen molar-refractivity contribution in [2.75, 3.05) is 11.4 Å². The second-order valence-corrected chi connectivity index (χ2v) is 4.82. The third-order valence-corrected chi connectivity index (χ3v) is 3.13. The van der Waals surface area contributed by atoms with Gasteiger partial charge in [-0.1, -0.05) is 0 Å². The number of nitro benzene ring substituents is 1. The number of carbonyl (C=O) groups excluding carboxylic acids is 1. The van der Waals surface area contributed by atoms with Crippen LogP contribution in [0.3, 0.4) is 0 Å². The molecule has 1 fully saturated rings. The maximum atomic E-state index is 11.7. The van der Waals surface area contributed by atoms with Gasteiger partial charge in [0.25, 0.3) is 5.69 Å². The van der Waals surface area contributed by atoms with Crippen molar-refractivity contribution in [2.45, 2.75) is 18.6 Å². The summed E-state index contributed by atoms with van der Waals surface area (Å²) in [5, 5.41) is 10.7. The summed E-state index contributed by atoms with van der Waals surface area (Å²) in [4.78, 5) is 23.5. The van der Waals surface area contributed by atoms with Gasteiger partial charge in [0.05, 0.1) is 4.92 Å². The lowest BCUT2D eigenvalue weighted by atomic mass is 10.1. The Morgan fingerprint density at radius 2 is 2.24 bits per heavy atom. The predicted molar refractivity (Wildman–Crippen MR) is 67.6 cm³/mol. The van der Waals surface area contributed by atoms with Gasteiger partial charge in [0.2, 0.25) is 5.91 Å². The molecule has 0 bridgehead atoms. The van der Waals surface area contributed by atoms with E-state index in [1.54, 1.807) is 17.9 Å². The number of amides is 1.